The van der Waals surface area contributed by atoms with E-state index in [0.29, 0.717) is 25.6 Å². The highest BCUT2D eigenvalue weighted by Gasteiger charge is 2.34. The molecule has 1 aliphatic carbocycles. The third-order valence-electron chi connectivity index (χ3n) is 4.17. The van der Waals surface area contributed by atoms with Crippen LogP contribution in [0.1, 0.15) is 32.6 Å². The van der Waals surface area contributed by atoms with Crippen LogP contribution in [-0.2, 0) is 4.79 Å². The summed E-state index contributed by atoms with van der Waals surface area (Å²) < 4.78 is 0. The first-order valence-corrected chi connectivity index (χ1v) is 7.00. The van der Waals surface area contributed by atoms with Crippen molar-refractivity contribution in [2.24, 2.45) is 0 Å². The number of amides is 2. The van der Waals surface area contributed by atoms with Gasteiger partial charge in [0.05, 0.1) is 0 Å². The maximum absolute atomic E-state index is 12.0. The van der Waals surface area contributed by atoms with Gasteiger partial charge in [0.2, 0.25) is 0 Å². The molecule has 2 aliphatic rings. The van der Waals surface area contributed by atoms with Gasteiger partial charge in [0.25, 0.3) is 0 Å². The molecule has 108 valence electrons. The van der Waals surface area contributed by atoms with Crippen LogP contribution in [0.2, 0.25) is 0 Å². The Morgan fingerprint density at radius 1 is 1.42 bits per heavy atom. The van der Waals surface area contributed by atoms with Crippen LogP contribution in [0, 0.1) is 0 Å². The van der Waals surface area contributed by atoms with Gasteiger partial charge in [-0.05, 0) is 39.7 Å². The summed E-state index contributed by atoms with van der Waals surface area (Å²) in [7, 11) is 2.07. The van der Waals surface area contributed by atoms with Crippen molar-refractivity contribution in [1.29, 1.82) is 0 Å². The van der Waals surface area contributed by atoms with Crippen LogP contribution in [0.4, 0.5) is 4.79 Å². The van der Waals surface area contributed by atoms with Gasteiger partial charge < -0.3 is 15.3 Å². The van der Waals surface area contributed by atoms with Gasteiger partial charge in [0.1, 0.15) is 6.04 Å². The number of carboxylic acid groups (broad SMARTS) is 1. The number of carboxylic acids is 1. The molecule has 6 nitrogen and oxygen atoms in total. The normalized spacial score (nSPS) is 24.6. The minimum Gasteiger partial charge on any atom is -0.480 e. The summed E-state index contributed by atoms with van der Waals surface area (Å²) in [6, 6.07) is 0.0326. The molecule has 0 spiro atoms. The van der Waals surface area contributed by atoms with Crippen LogP contribution >= 0.6 is 0 Å². The lowest BCUT2D eigenvalue weighted by atomic mass is 10.2. The summed E-state index contributed by atoms with van der Waals surface area (Å²) in [5.41, 5.74) is 0. The highest BCUT2D eigenvalue weighted by Crippen LogP contribution is 2.26. The smallest absolute Gasteiger partial charge is 0.326 e. The fourth-order valence-electron chi connectivity index (χ4n) is 2.59. The van der Waals surface area contributed by atoms with Crippen LogP contribution in [0.3, 0.4) is 0 Å². The van der Waals surface area contributed by atoms with Gasteiger partial charge in [0.15, 0.2) is 0 Å². The summed E-state index contributed by atoms with van der Waals surface area (Å²) in [5, 5.41) is 11.9. The van der Waals surface area contributed by atoms with Crippen molar-refractivity contribution in [2.75, 3.05) is 20.1 Å². The Morgan fingerprint density at radius 2 is 2.11 bits per heavy atom. The third kappa shape index (κ3) is 3.37. The zero-order valence-corrected chi connectivity index (χ0v) is 11.6. The molecule has 19 heavy (non-hydrogen) atoms. The first-order chi connectivity index (χ1) is 9.00. The van der Waals surface area contributed by atoms with Gasteiger partial charge >= 0.3 is 12.0 Å². The summed E-state index contributed by atoms with van der Waals surface area (Å²) >= 11 is 0. The Hall–Kier alpha value is -1.30. The fourth-order valence-corrected chi connectivity index (χ4v) is 2.59. The lowest BCUT2D eigenvalue weighted by Crippen LogP contribution is -2.49. The zero-order valence-electron chi connectivity index (χ0n) is 11.6. The van der Waals surface area contributed by atoms with E-state index in [-0.39, 0.29) is 12.1 Å². The van der Waals surface area contributed by atoms with Crippen LogP contribution in [0.15, 0.2) is 0 Å². The van der Waals surface area contributed by atoms with Crippen molar-refractivity contribution >= 4 is 12.0 Å². The second-order valence-corrected chi connectivity index (χ2v) is 5.62. The predicted molar refractivity (Wildman–Crippen MR) is 71.0 cm³/mol. The van der Waals surface area contributed by atoms with E-state index < -0.39 is 12.0 Å². The van der Waals surface area contributed by atoms with Crippen LogP contribution in [-0.4, -0.2) is 65.2 Å². The van der Waals surface area contributed by atoms with E-state index in [4.69, 9.17) is 5.11 Å². The molecule has 2 rings (SSSR count). The highest BCUT2D eigenvalue weighted by atomic mass is 16.4. The molecular formula is C13H23N3O3. The minimum absolute atomic E-state index is 0.249. The average molecular weight is 269 g/mol. The van der Waals surface area contributed by atoms with Crippen molar-refractivity contribution in [1.82, 2.24) is 15.1 Å². The molecule has 0 aromatic rings. The lowest BCUT2D eigenvalue weighted by molar-refractivity contribution is -0.141. The lowest BCUT2D eigenvalue weighted by Gasteiger charge is -2.27. The van der Waals surface area contributed by atoms with E-state index in [9.17, 15) is 9.59 Å². The first-order valence-electron chi connectivity index (χ1n) is 7.00. The Labute approximate surface area is 113 Å². The number of urea groups is 1. The number of rotatable bonds is 5. The Kier molecular flexibility index (Phi) is 4.29. The standard InChI is InChI=1S/C13H23N3O3/c1-9(15(2)10-5-6-10)8-14-13(19)16-7-3-4-11(16)12(17)18/h9-11H,3-8H2,1-2H3,(H,14,19)(H,17,18)/t9?,11-/m1/s1. The van der Waals surface area contributed by atoms with Gasteiger partial charge in [-0.3, -0.25) is 4.90 Å². The van der Waals surface area contributed by atoms with Crippen molar-refractivity contribution in [3.8, 4) is 0 Å². The molecule has 2 amide bonds. The molecule has 0 aromatic carbocycles. The van der Waals surface area contributed by atoms with E-state index in [1.807, 2.05) is 0 Å². The van der Waals surface area contributed by atoms with Crippen LogP contribution < -0.4 is 5.32 Å². The molecule has 0 bridgehead atoms. The summed E-state index contributed by atoms with van der Waals surface area (Å²) in [6.45, 7) is 3.18. The average Bonchev–Trinajstić information content (AvgIpc) is 3.10. The number of likely N-dealkylation sites (tertiary alicyclic amines) is 1. The van der Waals surface area contributed by atoms with Crippen molar-refractivity contribution in [2.45, 2.75) is 50.7 Å². The van der Waals surface area contributed by atoms with Crippen molar-refractivity contribution < 1.29 is 14.7 Å². The first kappa shape index (κ1) is 14.1. The summed E-state index contributed by atoms with van der Waals surface area (Å²) in [5.74, 6) is -0.907. The van der Waals surface area contributed by atoms with E-state index in [0.717, 1.165) is 6.42 Å². The van der Waals surface area contributed by atoms with Crippen LogP contribution in [0.5, 0.6) is 0 Å². The number of likely N-dealkylation sites (N-methyl/N-ethyl adjacent to an activating group) is 1. The number of aliphatic carboxylic acids is 1. The quantitative estimate of drug-likeness (QED) is 0.771. The molecule has 1 heterocycles. The van der Waals surface area contributed by atoms with Gasteiger partial charge in [-0.15, -0.1) is 0 Å². The largest absolute Gasteiger partial charge is 0.480 e. The molecule has 2 fully saturated rings. The molecule has 1 unspecified atom stereocenters. The second-order valence-electron chi connectivity index (χ2n) is 5.62. The number of hydrogen-bond acceptors (Lipinski definition) is 3. The summed E-state index contributed by atoms with van der Waals surface area (Å²) in [4.78, 5) is 26.7. The second kappa shape index (κ2) is 5.77. The molecular weight excluding hydrogens is 246 g/mol. The molecule has 2 atom stereocenters. The number of carbonyl (C=O) groups is 2. The Morgan fingerprint density at radius 3 is 2.68 bits per heavy atom. The van der Waals surface area contributed by atoms with Crippen molar-refractivity contribution in [3.05, 3.63) is 0 Å². The topological polar surface area (TPSA) is 72.9 Å². The molecule has 1 saturated carbocycles. The maximum Gasteiger partial charge on any atom is 0.326 e. The zero-order chi connectivity index (χ0) is 14.0. The highest BCUT2D eigenvalue weighted by molar-refractivity contribution is 5.83. The molecule has 0 aromatic heterocycles. The monoisotopic (exact) mass is 269 g/mol. The SMILES string of the molecule is CC(CNC(=O)N1CCC[C@@H]1C(=O)O)N(C)C1CC1. The Balaban J connectivity index is 1.78. The van der Waals surface area contributed by atoms with E-state index in [1.54, 1.807) is 0 Å². The number of carbonyl (C=O) groups excluding carboxylic acids is 1. The minimum atomic E-state index is -0.907. The fraction of sp³-hybridized carbons (Fsp3) is 0.846. The van der Waals surface area contributed by atoms with Crippen molar-refractivity contribution in [3.63, 3.8) is 0 Å². The number of hydrogen-bond donors (Lipinski definition) is 2. The van der Waals surface area contributed by atoms with Gasteiger partial charge in [-0.25, -0.2) is 9.59 Å². The molecule has 1 saturated heterocycles. The molecule has 6 heteroatoms. The number of nitrogens with zero attached hydrogens (tertiary/aromatic N) is 2. The molecule has 1 aliphatic heterocycles. The van der Waals surface area contributed by atoms with Gasteiger partial charge in [-0.2, -0.15) is 0 Å². The van der Waals surface area contributed by atoms with E-state index >= 15 is 0 Å². The molecule has 2 N–H and O–H groups in total. The van der Waals surface area contributed by atoms with E-state index in [2.05, 4.69) is 24.2 Å². The van der Waals surface area contributed by atoms with E-state index in [1.165, 1.54) is 17.7 Å². The Bertz CT molecular complexity index is 357. The van der Waals surface area contributed by atoms with Crippen LogP contribution in [0.25, 0.3) is 0 Å². The van der Waals surface area contributed by atoms with Gasteiger partial charge in [0, 0.05) is 25.2 Å². The predicted octanol–water partition coefficient (Wildman–Crippen LogP) is 0.728. The van der Waals surface area contributed by atoms with Gasteiger partial charge in [-0.1, -0.05) is 0 Å². The summed E-state index contributed by atoms with van der Waals surface area (Å²) in [6.07, 6.45) is 3.80. The molecule has 0 radical (unpaired) electrons. The third-order valence-corrected chi connectivity index (χ3v) is 4.17. The maximum atomic E-state index is 12.0. The number of nitrogens with one attached hydrogen (secondary N) is 1.